The summed E-state index contributed by atoms with van der Waals surface area (Å²) in [5.74, 6) is 0.622. The molecule has 0 aromatic carbocycles. The van der Waals surface area contributed by atoms with E-state index in [-0.39, 0.29) is 6.61 Å². The van der Waals surface area contributed by atoms with Gasteiger partial charge in [0.15, 0.2) is 0 Å². The van der Waals surface area contributed by atoms with Crippen LogP contribution < -0.4 is 0 Å². The first kappa shape index (κ1) is 7.27. The summed E-state index contributed by atoms with van der Waals surface area (Å²) in [6.07, 6.45) is 2.29. The van der Waals surface area contributed by atoms with Gasteiger partial charge in [-0.2, -0.15) is 0 Å². The van der Waals surface area contributed by atoms with E-state index in [0.29, 0.717) is 12.2 Å². The Morgan fingerprint density at radius 1 is 1.71 bits per heavy atom. The van der Waals surface area contributed by atoms with Gasteiger partial charge in [0.05, 0.1) is 6.26 Å². The Bertz CT molecular complexity index is 38.7. The molecule has 0 aliphatic rings. The average Bonchev–Trinajstić information content (AvgIpc) is 1.61. The third-order valence-electron chi connectivity index (χ3n) is 0.590. The van der Waals surface area contributed by atoms with Crippen LogP contribution in [-0.4, -0.2) is 28.3 Å². The zero-order chi connectivity index (χ0) is 5.70. The van der Waals surface area contributed by atoms with Gasteiger partial charge < -0.3 is 9.66 Å². The lowest BCUT2D eigenvalue weighted by Crippen LogP contribution is -2.03. The second kappa shape index (κ2) is 4.43. The lowest BCUT2D eigenvalue weighted by atomic mass is 10.5. The Balaban J connectivity index is 2.68. The third-order valence-corrected chi connectivity index (χ3v) is 1.45. The predicted octanol–water partition coefficient (Wildman–Crippen LogP) is -0.253. The molecule has 0 rings (SSSR count). The van der Waals surface area contributed by atoms with Crippen molar-refractivity contribution in [2.45, 2.75) is 6.42 Å². The summed E-state index contributed by atoms with van der Waals surface area (Å²) in [4.78, 5) is 0. The molecule has 0 aromatic heterocycles. The van der Waals surface area contributed by atoms with Crippen LogP contribution in [0.15, 0.2) is 0 Å². The standard InChI is InChI=1S/C4H10O2S/c1-7(6)4-2-3-5/h5H,2-4H2,1H3/t7-/m0/s1. The van der Waals surface area contributed by atoms with Gasteiger partial charge >= 0.3 is 0 Å². The predicted molar refractivity (Wildman–Crippen MR) is 30.6 cm³/mol. The van der Waals surface area contributed by atoms with Crippen LogP contribution in [0.2, 0.25) is 0 Å². The number of rotatable bonds is 3. The first-order chi connectivity index (χ1) is 3.27. The van der Waals surface area contributed by atoms with E-state index in [4.69, 9.17) is 5.11 Å². The number of aliphatic hydroxyl groups excluding tert-OH is 1. The molecule has 0 saturated heterocycles. The van der Waals surface area contributed by atoms with Crippen molar-refractivity contribution < 1.29 is 9.66 Å². The summed E-state index contributed by atoms with van der Waals surface area (Å²) in [7, 11) is 0. The second-order valence-corrected chi connectivity index (χ2v) is 2.91. The molecule has 0 heterocycles. The highest BCUT2D eigenvalue weighted by molar-refractivity contribution is 7.90. The highest BCUT2D eigenvalue weighted by atomic mass is 32.2. The highest BCUT2D eigenvalue weighted by Crippen LogP contribution is 1.85. The fraction of sp³-hybridized carbons (Fsp3) is 1.00. The van der Waals surface area contributed by atoms with Crippen molar-refractivity contribution in [3.05, 3.63) is 0 Å². The molecule has 0 aliphatic heterocycles. The Labute approximate surface area is 46.7 Å². The minimum atomic E-state index is -0.725. The van der Waals surface area contributed by atoms with E-state index in [1.807, 2.05) is 0 Å². The SMILES string of the molecule is C[S@+]([O-])CCCO. The van der Waals surface area contributed by atoms with E-state index in [9.17, 15) is 4.55 Å². The van der Waals surface area contributed by atoms with Gasteiger partial charge in [-0.3, -0.25) is 0 Å². The summed E-state index contributed by atoms with van der Waals surface area (Å²) in [6, 6.07) is 0. The van der Waals surface area contributed by atoms with Gasteiger partial charge in [0.1, 0.15) is 5.75 Å². The molecule has 0 saturated carbocycles. The zero-order valence-electron chi connectivity index (χ0n) is 4.39. The molecule has 0 amide bonds. The molecular formula is C4H10O2S. The molecule has 1 N–H and O–H groups in total. The first-order valence-corrected chi connectivity index (χ1v) is 3.91. The van der Waals surface area contributed by atoms with Crippen LogP contribution in [-0.2, 0) is 11.2 Å². The van der Waals surface area contributed by atoms with Crippen molar-refractivity contribution in [3.63, 3.8) is 0 Å². The van der Waals surface area contributed by atoms with Crippen molar-refractivity contribution >= 4 is 11.2 Å². The molecule has 0 bridgehead atoms. The van der Waals surface area contributed by atoms with Crippen molar-refractivity contribution in [2.24, 2.45) is 0 Å². The van der Waals surface area contributed by atoms with Gasteiger partial charge in [0.25, 0.3) is 0 Å². The maximum Gasteiger partial charge on any atom is 0.107 e. The molecular weight excluding hydrogens is 112 g/mol. The average molecular weight is 122 g/mol. The largest absolute Gasteiger partial charge is 0.617 e. The van der Waals surface area contributed by atoms with Crippen LogP contribution >= 0.6 is 0 Å². The normalized spacial score (nSPS) is 14.1. The Morgan fingerprint density at radius 3 is 2.43 bits per heavy atom. The van der Waals surface area contributed by atoms with Gasteiger partial charge in [0.2, 0.25) is 0 Å². The van der Waals surface area contributed by atoms with Crippen LogP contribution in [0.25, 0.3) is 0 Å². The summed E-state index contributed by atoms with van der Waals surface area (Å²) >= 11 is -0.725. The topological polar surface area (TPSA) is 43.3 Å². The van der Waals surface area contributed by atoms with Crippen LogP contribution in [0.1, 0.15) is 6.42 Å². The number of hydrogen-bond acceptors (Lipinski definition) is 2. The van der Waals surface area contributed by atoms with Crippen molar-refractivity contribution in [2.75, 3.05) is 18.6 Å². The molecule has 0 radical (unpaired) electrons. The van der Waals surface area contributed by atoms with Crippen LogP contribution in [0.5, 0.6) is 0 Å². The van der Waals surface area contributed by atoms with Crippen LogP contribution in [0.3, 0.4) is 0 Å². The van der Waals surface area contributed by atoms with Gasteiger partial charge in [-0.05, 0) is 0 Å². The smallest absolute Gasteiger partial charge is 0.107 e. The first-order valence-electron chi connectivity index (χ1n) is 2.18. The van der Waals surface area contributed by atoms with Crippen LogP contribution in [0.4, 0.5) is 0 Å². The molecule has 0 spiro atoms. The van der Waals surface area contributed by atoms with E-state index in [2.05, 4.69) is 0 Å². The maximum absolute atomic E-state index is 10.2. The van der Waals surface area contributed by atoms with E-state index in [0.717, 1.165) is 0 Å². The van der Waals surface area contributed by atoms with Gasteiger partial charge in [-0.15, -0.1) is 0 Å². The lowest BCUT2D eigenvalue weighted by Gasteiger charge is -2.00. The van der Waals surface area contributed by atoms with E-state index in [1.54, 1.807) is 6.26 Å². The lowest BCUT2D eigenvalue weighted by molar-refractivity contribution is 0.295. The van der Waals surface area contributed by atoms with E-state index in [1.165, 1.54) is 0 Å². The second-order valence-electron chi connectivity index (χ2n) is 1.35. The minimum Gasteiger partial charge on any atom is -0.617 e. The molecule has 1 atom stereocenters. The molecule has 0 aromatic rings. The molecule has 0 aliphatic carbocycles. The van der Waals surface area contributed by atoms with Gasteiger partial charge in [-0.1, -0.05) is 11.2 Å². The molecule has 2 nitrogen and oxygen atoms in total. The Morgan fingerprint density at radius 2 is 2.29 bits per heavy atom. The molecule has 0 unspecified atom stereocenters. The van der Waals surface area contributed by atoms with Gasteiger partial charge in [0, 0.05) is 13.0 Å². The molecule has 7 heavy (non-hydrogen) atoms. The Kier molecular flexibility index (Phi) is 4.60. The Hall–Kier alpha value is 0.270. The quantitative estimate of drug-likeness (QED) is 0.524. The van der Waals surface area contributed by atoms with Crippen molar-refractivity contribution in [1.82, 2.24) is 0 Å². The monoisotopic (exact) mass is 122 g/mol. The summed E-state index contributed by atoms with van der Waals surface area (Å²) in [6.45, 7) is 0.152. The third kappa shape index (κ3) is 6.27. The summed E-state index contributed by atoms with van der Waals surface area (Å²) < 4.78 is 10.2. The minimum absolute atomic E-state index is 0.152. The molecule has 44 valence electrons. The van der Waals surface area contributed by atoms with Crippen molar-refractivity contribution in [3.8, 4) is 0 Å². The summed E-state index contributed by atoms with van der Waals surface area (Å²) in [5.41, 5.74) is 0. The van der Waals surface area contributed by atoms with Gasteiger partial charge in [-0.25, -0.2) is 0 Å². The summed E-state index contributed by atoms with van der Waals surface area (Å²) in [5, 5.41) is 8.18. The number of aliphatic hydroxyl groups is 1. The number of hydrogen-bond donors (Lipinski definition) is 1. The molecule has 0 fully saturated rings. The van der Waals surface area contributed by atoms with E-state index >= 15 is 0 Å². The maximum atomic E-state index is 10.2. The van der Waals surface area contributed by atoms with Crippen molar-refractivity contribution in [1.29, 1.82) is 0 Å². The zero-order valence-corrected chi connectivity index (χ0v) is 5.20. The fourth-order valence-corrected chi connectivity index (χ4v) is 0.803. The fourth-order valence-electron chi connectivity index (χ4n) is 0.268. The van der Waals surface area contributed by atoms with Crippen LogP contribution in [0, 0.1) is 0 Å². The van der Waals surface area contributed by atoms with E-state index < -0.39 is 11.2 Å². The molecule has 3 heteroatoms. The highest BCUT2D eigenvalue weighted by Gasteiger charge is 1.92.